The number of aromatic nitrogens is 2. The smallest absolute Gasteiger partial charge is 0.134 e. The van der Waals surface area contributed by atoms with E-state index >= 15 is 0 Å². The van der Waals surface area contributed by atoms with Crippen LogP contribution in [-0.4, -0.2) is 34.8 Å². The van der Waals surface area contributed by atoms with E-state index in [1.54, 1.807) is 6.07 Å². The number of hydrogen-bond acceptors (Lipinski definition) is 4. The molecule has 1 aromatic heterocycles. The molecule has 1 aliphatic heterocycles. The van der Waals surface area contributed by atoms with Crippen LogP contribution in [0.4, 0.5) is 5.82 Å². The van der Waals surface area contributed by atoms with Gasteiger partial charge in [-0.2, -0.15) is 0 Å². The Hall–Kier alpha value is -0.870. The summed E-state index contributed by atoms with van der Waals surface area (Å²) in [5.74, 6) is 1.21. The monoisotopic (exact) mass is 213 g/mol. The van der Waals surface area contributed by atoms with Crippen molar-refractivity contribution < 1.29 is 5.11 Å². The molecule has 76 valence electrons. The van der Waals surface area contributed by atoms with Gasteiger partial charge in [-0.05, 0) is 6.42 Å². The first kappa shape index (κ1) is 9.68. The highest BCUT2D eigenvalue weighted by Crippen LogP contribution is 2.22. The molecule has 1 unspecified atom stereocenters. The Morgan fingerprint density at radius 1 is 1.57 bits per heavy atom. The molecule has 1 fully saturated rings. The number of aliphatic hydroxyl groups is 1. The molecule has 1 aliphatic rings. The van der Waals surface area contributed by atoms with Gasteiger partial charge in [-0.15, -0.1) is 0 Å². The molecule has 0 spiro atoms. The van der Waals surface area contributed by atoms with Crippen LogP contribution in [0.5, 0.6) is 0 Å². The van der Waals surface area contributed by atoms with Crippen LogP contribution in [-0.2, 0) is 0 Å². The number of rotatable bonds is 2. The minimum absolute atomic E-state index is 0.245. The van der Waals surface area contributed by atoms with Crippen LogP contribution in [0.1, 0.15) is 6.42 Å². The number of aliphatic hydroxyl groups excluding tert-OH is 1. The van der Waals surface area contributed by atoms with Crippen LogP contribution >= 0.6 is 11.6 Å². The fraction of sp³-hybridized carbons (Fsp3) is 0.556. The Labute approximate surface area is 87.5 Å². The Bertz CT molecular complexity index is 321. The molecule has 0 bridgehead atoms. The zero-order valence-electron chi connectivity index (χ0n) is 7.73. The van der Waals surface area contributed by atoms with Crippen molar-refractivity contribution >= 4 is 17.4 Å². The van der Waals surface area contributed by atoms with Gasteiger partial charge in [0, 0.05) is 31.7 Å². The lowest BCUT2D eigenvalue weighted by atomic mass is 10.1. The molecule has 1 N–H and O–H groups in total. The highest BCUT2D eigenvalue weighted by Gasteiger charge is 2.22. The molecular weight excluding hydrogens is 202 g/mol. The SMILES string of the molecule is OCC1CCN(c2cc(Cl)ncn2)C1. The van der Waals surface area contributed by atoms with E-state index in [4.69, 9.17) is 16.7 Å². The van der Waals surface area contributed by atoms with E-state index in [-0.39, 0.29) is 6.61 Å². The molecule has 0 saturated carbocycles. The van der Waals surface area contributed by atoms with Crippen molar-refractivity contribution in [2.24, 2.45) is 5.92 Å². The summed E-state index contributed by atoms with van der Waals surface area (Å²) in [5, 5.41) is 9.46. The van der Waals surface area contributed by atoms with Gasteiger partial charge < -0.3 is 10.0 Å². The molecule has 0 aliphatic carbocycles. The minimum atomic E-state index is 0.245. The lowest BCUT2D eigenvalue weighted by molar-refractivity contribution is 0.238. The summed E-state index contributed by atoms with van der Waals surface area (Å²) in [4.78, 5) is 10.1. The molecule has 0 amide bonds. The van der Waals surface area contributed by atoms with Crippen molar-refractivity contribution in [3.8, 4) is 0 Å². The Balaban J connectivity index is 2.09. The van der Waals surface area contributed by atoms with Crippen LogP contribution in [0, 0.1) is 5.92 Å². The quantitative estimate of drug-likeness (QED) is 0.744. The highest BCUT2D eigenvalue weighted by atomic mass is 35.5. The topological polar surface area (TPSA) is 49.2 Å². The molecule has 4 nitrogen and oxygen atoms in total. The predicted octanol–water partition coefficient (Wildman–Crippen LogP) is 0.949. The van der Waals surface area contributed by atoms with Crippen molar-refractivity contribution in [1.82, 2.24) is 9.97 Å². The third kappa shape index (κ3) is 1.96. The fourth-order valence-corrected chi connectivity index (χ4v) is 1.83. The van der Waals surface area contributed by atoms with Gasteiger partial charge in [-0.3, -0.25) is 0 Å². The summed E-state index contributed by atoms with van der Waals surface area (Å²) in [6, 6.07) is 1.75. The first-order valence-corrected chi connectivity index (χ1v) is 5.00. The zero-order chi connectivity index (χ0) is 9.97. The third-order valence-corrected chi connectivity index (χ3v) is 2.69. The second kappa shape index (κ2) is 4.11. The minimum Gasteiger partial charge on any atom is -0.396 e. The predicted molar refractivity (Wildman–Crippen MR) is 54.4 cm³/mol. The lowest BCUT2D eigenvalue weighted by Gasteiger charge is -2.16. The fourth-order valence-electron chi connectivity index (χ4n) is 1.69. The number of nitrogens with zero attached hydrogens (tertiary/aromatic N) is 3. The zero-order valence-corrected chi connectivity index (χ0v) is 8.48. The van der Waals surface area contributed by atoms with Gasteiger partial charge in [0.05, 0.1) is 0 Å². The molecule has 0 aromatic carbocycles. The van der Waals surface area contributed by atoms with Gasteiger partial charge in [0.25, 0.3) is 0 Å². The Kier molecular flexibility index (Phi) is 2.84. The summed E-state index contributed by atoms with van der Waals surface area (Å²) >= 11 is 5.77. The maximum absolute atomic E-state index is 9.00. The van der Waals surface area contributed by atoms with E-state index in [0.717, 1.165) is 25.3 Å². The highest BCUT2D eigenvalue weighted by molar-refractivity contribution is 6.29. The summed E-state index contributed by atoms with van der Waals surface area (Å²) in [6.45, 7) is 2.03. The van der Waals surface area contributed by atoms with E-state index in [9.17, 15) is 0 Å². The van der Waals surface area contributed by atoms with Crippen molar-refractivity contribution in [1.29, 1.82) is 0 Å². The molecular formula is C9H12ClN3O. The van der Waals surface area contributed by atoms with Crippen LogP contribution in [0.15, 0.2) is 12.4 Å². The van der Waals surface area contributed by atoms with Crippen LogP contribution in [0.2, 0.25) is 5.15 Å². The Morgan fingerprint density at radius 2 is 2.43 bits per heavy atom. The van der Waals surface area contributed by atoms with E-state index in [2.05, 4.69) is 14.9 Å². The first-order valence-electron chi connectivity index (χ1n) is 4.63. The molecule has 0 radical (unpaired) electrons. The van der Waals surface area contributed by atoms with Crippen LogP contribution in [0.3, 0.4) is 0 Å². The summed E-state index contributed by atoms with van der Waals surface area (Å²) in [6.07, 6.45) is 2.47. The van der Waals surface area contributed by atoms with Gasteiger partial charge in [-0.1, -0.05) is 11.6 Å². The van der Waals surface area contributed by atoms with Gasteiger partial charge in [0.1, 0.15) is 17.3 Å². The first-order chi connectivity index (χ1) is 6.79. The maximum Gasteiger partial charge on any atom is 0.134 e. The molecule has 2 rings (SSSR count). The maximum atomic E-state index is 9.00. The van der Waals surface area contributed by atoms with Crippen LogP contribution < -0.4 is 4.90 Å². The molecule has 1 saturated heterocycles. The average molecular weight is 214 g/mol. The standard InChI is InChI=1S/C9H12ClN3O/c10-8-3-9(12-6-11-8)13-2-1-7(4-13)5-14/h3,6-7,14H,1-2,4-5H2. The van der Waals surface area contributed by atoms with Gasteiger partial charge in [-0.25, -0.2) is 9.97 Å². The second-order valence-electron chi connectivity index (χ2n) is 3.48. The second-order valence-corrected chi connectivity index (χ2v) is 3.87. The average Bonchev–Trinajstić information content (AvgIpc) is 2.66. The van der Waals surface area contributed by atoms with Crippen molar-refractivity contribution in [2.45, 2.75) is 6.42 Å². The van der Waals surface area contributed by atoms with Crippen molar-refractivity contribution in [2.75, 3.05) is 24.6 Å². The molecule has 1 atom stereocenters. The van der Waals surface area contributed by atoms with Gasteiger partial charge >= 0.3 is 0 Å². The summed E-state index contributed by atoms with van der Waals surface area (Å²) in [5.41, 5.74) is 0. The van der Waals surface area contributed by atoms with Crippen molar-refractivity contribution in [3.05, 3.63) is 17.5 Å². The van der Waals surface area contributed by atoms with Gasteiger partial charge in [0.2, 0.25) is 0 Å². The number of halogens is 1. The molecule has 2 heterocycles. The van der Waals surface area contributed by atoms with Crippen LogP contribution in [0.25, 0.3) is 0 Å². The molecule has 5 heteroatoms. The van der Waals surface area contributed by atoms with E-state index in [1.807, 2.05) is 0 Å². The third-order valence-electron chi connectivity index (χ3n) is 2.49. The lowest BCUT2D eigenvalue weighted by Crippen LogP contribution is -2.21. The molecule has 1 aromatic rings. The number of anilines is 1. The van der Waals surface area contributed by atoms with Gasteiger partial charge in [0.15, 0.2) is 0 Å². The number of hydrogen-bond donors (Lipinski definition) is 1. The van der Waals surface area contributed by atoms with E-state index in [1.165, 1.54) is 6.33 Å². The van der Waals surface area contributed by atoms with E-state index in [0.29, 0.717) is 11.1 Å². The van der Waals surface area contributed by atoms with E-state index < -0.39 is 0 Å². The summed E-state index contributed by atoms with van der Waals surface area (Å²) < 4.78 is 0. The Morgan fingerprint density at radius 3 is 3.07 bits per heavy atom. The summed E-state index contributed by atoms with van der Waals surface area (Å²) in [7, 11) is 0. The largest absolute Gasteiger partial charge is 0.396 e. The van der Waals surface area contributed by atoms with Crippen molar-refractivity contribution in [3.63, 3.8) is 0 Å². The molecule has 14 heavy (non-hydrogen) atoms. The normalized spacial score (nSPS) is 21.6.